The SMILES string of the molecule is COCCOC(C)COC(=O)OC(C)CN=[N+]=[N-]. The van der Waals surface area contributed by atoms with Crippen LogP contribution in [0.3, 0.4) is 0 Å². The van der Waals surface area contributed by atoms with Gasteiger partial charge in [-0.3, -0.25) is 0 Å². The van der Waals surface area contributed by atoms with Crippen LogP contribution in [0.5, 0.6) is 0 Å². The molecule has 8 heteroatoms. The number of hydrogen-bond acceptors (Lipinski definition) is 6. The number of rotatable bonds is 9. The van der Waals surface area contributed by atoms with E-state index < -0.39 is 12.3 Å². The lowest BCUT2D eigenvalue weighted by Gasteiger charge is -2.14. The fourth-order valence-corrected chi connectivity index (χ4v) is 0.953. The van der Waals surface area contributed by atoms with Gasteiger partial charge in [0.2, 0.25) is 0 Å². The van der Waals surface area contributed by atoms with Gasteiger partial charge in [0.25, 0.3) is 0 Å². The van der Waals surface area contributed by atoms with Gasteiger partial charge >= 0.3 is 6.16 Å². The van der Waals surface area contributed by atoms with Crippen LogP contribution in [0.2, 0.25) is 0 Å². The molecule has 0 aromatic carbocycles. The molecular weight excluding hydrogens is 242 g/mol. The van der Waals surface area contributed by atoms with Crippen molar-refractivity contribution < 1.29 is 23.7 Å². The first-order chi connectivity index (χ1) is 8.60. The third-order valence-corrected chi connectivity index (χ3v) is 1.83. The predicted molar refractivity (Wildman–Crippen MR) is 63.2 cm³/mol. The molecule has 0 rings (SSSR count). The molecular formula is C10H19N3O5. The average molecular weight is 261 g/mol. The van der Waals surface area contributed by atoms with Gasteiger partial charge in [0.05, 0.1) is 25.9 Å². The molecule has 0 bridgehead atoms. The number of azide groups is 1. The van der Waals surface area contributed by atoms with Gasteiger partial charge in [-0.05, 0) is 19.4 Å². The summed E-state index contributed by atoms with van der Waals surface area (Å²) in [5.41, 5.74) is 8.09. The molecule has 2 unspecified atom stereocenters. The Bertz CT molecular complexity index is 281. The Balaban J connectivity index is 3.65. The summed E-state index contributed by atoms with van der Waals surface area (Å²) in [7, 11) is 1.58. The largest absolute Gasteiger partial charge is 0.508 e. The second-order valence-corrected chi connectivity index (χ2v) is 3.58. The monoisotopic (exact) mass is 261 g/mol. The number of hydrogen-bond donors (Lipinski definition) is 0. The molecule has 0 amide bonds. The number of carbonyl (C=O) groups excluding carboxylic acids is 1. The Morgan fingerprint density at radius 2 is 2.06 bits per heavy atom. The average Bonchev–Trinajstić information content (AvgIpc) is 2.34. The van der Waals surface area contributed by atoms with Crippen molar-refractivity contribution in [2.45, 2.75) is 26.1 Å². The molecule has 0 aromatic rings. The van der Waals surface area contributed by atoms with Crippen LogP contribution in [-0.4, -0.2) is 51.8 Å². The first-order valence-electron chi connectivity index (χ1n) is 5.55. The van der Waals surface area contributed by atoms with Gasteiger partial charge in [-0.2, -0.15) is 0 Å². The van der Waals surface area contributed by atoms with E-state index in [0.717, 1.165) is 0 Å². The maximum Gasteiger partial charge on any atom is 0.508 e. The summed E-state index contributed by atoms with van der Waals surface area (Å²) in [6, 6.07) is 0. The lowest BCUT2D eigenvalue weighted by molar-refractivity contribution is -0.0286. The van der Waals surface area contributed by atoms with Crippen molar-refractivity contribution in [3.05, 3.63) is 10.4 Å². The Morgan fingerprint density at radius 3 is 2.67 bits per heavy atom. The van der Waals surface area contributed by atoms with Crippen molar-refractivity contribution in [1.82, 2.24) is 0 Å². The van der Waals surface area contributed by atoms with E-state index in [9.17, 15) is 4.79 Å². The maximum atomic E-state index is 11.2. The summed E-state index contributed by atoms with van der Waals surface area (Å²) in [4.78, 5) is 13.8. The molecule has 0 saturated carbocycles. The minimum absolute atomic E-state index is 0.0749. The molecule has 0 aliphatic heterocycles. The van der Waals surface area contributed by atoms with Gasteiger partial charge in [-0.1, -0.05) is 5.11 Å². The van der Waals surface area contributed by atoms with E-state index in [1.54, 1.807) is 21.0 Å². The van der Waals surface area contributed by atoms with Crippen LogP contribution in [0.15, 0.2) is 5.11 Å². The van der Waals surface area contributed by atoms with Crippen molar-refractivity contribution in [2.24, 2.45) is 5.11 Å². The third kappa shape index (κ3) is 9.71. The lowest BCUT2D eigenvalue weighted by atomic mass is 10.4. The second kappa shape index (κ2) is 10.6. The highest BCUT2D eigenvalue weighted by Crippen LogP contribution is 1.98. The van der Waals surface area contributed by atoms with E-state index in [-0.39, 0.29) is 19.3 Å². The zero-order valence-electron chi connectivity index (χ0n) is 10.9. The van der Waals surface area contributed by atoms with E-state index in [1.807, 2.05) is 0 Å². The van der Waals surface area contributed by atoms with E-state index in [1.165, 1.54) is 0 Å². The molecule has 0 N–H and O–H groups in total. The molecule has 0 heterocycles. The zero-order valence-corrected chi connectivity index (χ0v) is 10.9. The van der Waals surface area contributed by atoms with E-state index in [2.05, 4.69) is 10.0 Å². The van der Waals surface area contributed by atoms with Gasteiger partial charge < -0.3 is 18.9 Å². The van der Waals surface area contributed by atoms with Crippen LogP contribution in [0.1, 0.15) is 13.8 Å². The third-order valence-electron chi connectivity index (χ3n) is 1.83. The van der Waals surface area contributed by atoms with Crippen molar-refractivity contribution in [2.75, 3.05) is 33.5 Å². The highest BCUT2D eigenvalue weighted by molar-refractivity contribution is 5.60. The van der Waals surface area contributed by atoms with Gasteiger partial charge in [-0.15, -0.1) is 0 Å². The number of ether oxygens (including phenoxy) is 4. The first kappa shape index (κ1) is 16.5. The summed E-state index contributed by atoms with van der Waals surface area (Å²) < 4.78 is 19.7. The van der Waals surface area contributed by atoms with E-state index in [0.29, 0.717) is 13.2 Å². The Kier molecular flexibility index (Phi) is 9.75. The Labute approximate surface area is 106 Å². The summed E-state index contributed by atoms with van der Waals surface area (Å²) in [5.74, 6) is 0. The summed E-state index contributed by atoms with van der Waals surface area (Å²) in [6.07, 6.45) is -1.56. The minimum Gasteiger partial charge on any atom is -0.432 e. The minimum atomic E-state index is -0.808. The van der Waals surface area contributed by atoms with Crippen LogP contribution < -0.4 is 0 Å². The number of carbonyl (C=O) groups is 1. The van der Waals surface area contributed by atoms with Gasteiger partial charge in [0.15, 0.2) is 0 Å². The topological polar surface area (TPSA) is 103 Å². The molecule has 0 spiro atoms. The molecule has 2 atom stereocenters. The first-order valence-corrected chi connectivity index (χ1v) is 5.55. The molecule has 0 aliphatic rings. The molecule has 0 fully saturated rings. The van der Waals surface area contributed by atoms with Crippen LogP contribution >= 0.6 is 0 Å². The van der Waals surface area contributed by atoms with Gasteiger partial charge in [-0.25, -0.2) is 4.79 Å². The molecule has 0 saturated heterocycles. The van der Waals surface area contributed by atoms with Crippen LogP contribution in [0.4, 0.5) is 4.79 Å². The number of methoxy groups -OCH3 is 1. The van der Waals surface area contributed by atoms with Gasteiger partial charge in [0, 0.05) is 12.0 Å². The highest BCUT2D eigenvalue weighted by Gasteiger charge is 2.12. The standard InChI is InChI=1S/C10H19N3O5/c1-8(6-12-13-11)18-10(14)17-7-9(2)16-5-4-15-3/h8-9H,4-7H2,1-3H3. The molecule has 0 aromatic heterocycles. The van der Waals surface area contributed by atoms with Crippen molar-refractivity contribution >= 4 is 6.16 Å². The predicted octanol–water partition coefficient (Wildman–Crippen LogP) is 1.89. The summed E-state index contributed by atoms with van der Waals surface area (Å²) in [6.45, 7) is 4.46. The smallest absolute Gasteiger partial charge is 0.432 e. The van der Waals surface area contributed by atoms with Gasteiger partial charge in [0.1, 0.15) is 12.7 Å². The van der Waals surface area contributed by atoms with E-state index in [4.69, 9.17) is 24.5 Å². The Hall–Kier alpha value is -1.50. The quantitative estimate of drug-likeness (QED) is 0.207. The highest BCUT2D eigenvalue weighted by atomic mass is 16.7. The molecule has 0 aliphatic carbocycles. The Morgan fingerprint density at radius 1 is 1.33 bits per heavy atom. The molecule has 104 valence electrons. The molecule has 0 radical (unpaired) electrons. The van der Waals surface area contributed by atoms with Crippen LogP contribution in [0, 0.1) is 0 Å². The lowest BCUT2D eigenvalue weighted by Crippen LogP contribution is -2.24. The van der Waals surface area contributed by atoms with Crippen molar-refractivity contribution in [3.8, 4) is 0 Å². The van der Waals surface area contributed by atoms with Crippen LogP contribution in [-0.2, 0) is 18.9 Å². The summed E-state index contributed by atoms with van der Waals surface area (Å²) >= 11 is 0. The van der Waals surface area contributed by atoms with Crippen molar-refractivity contribution in [1.29, 1.82) is 0 Å². The van der Waals surface area contributed by atoms with Crippen LogP contribution in [0.25, 0.3) is 10.4 Å². The fraction of sp³-hybridized carbons (Fsp3) is 0.900. The number of nitrogens with zero attached hydrogens (tertiary/aromatic N) is 3. The fourth-order valence-electron chi connectivity index (χ4n) is 0.953. The molecule has 18 heavy (non-hydrogen) atoms. The maximum absolute atomic E-state index is 11.2. The second-order valence-electron chi connectivity index (χ2n) is 3.58. The van der Waals surface area contributed by atoms with E-state index >= 15 is 0 Å². The molecule has 8 nitrogen and oxygen atoms in total. The normalized spacial score (nSPS) is 13.3. The van der Waals surface area contributed by atoms with Crippen molar-refractivity contribution in [3.63, 3.8) is 0 Å². The summed E-state index contributed by atoms with van der Waals surface area (Å²) in [5, 5.41) is 3.28. The zero-order chi connectivity index (χ0) is 13.8.